The normalized spacial score (nSPS) is 17.9. The van der Waals surface area contributed by atoms with Gasteiger partial charge in [0.25, 0.3) is 0 Å². The Balaban J connectivity index is 1.50. The molecule has 0 spiro atoms. The van der Waals surface area contributed by atoms with Gasteiger partial charge in [-0.05, 0) is 30.9 Å². The van der Waals surface area contributed by atoms with Crippen LogP contribution in [-0.2, 0) is 19.5 Å². The summed E-state index contributed by atoms with van der Waals surface area (Å²) in [6, 6.07) is 5.80. The van der Waals surface area contributed by atoms with Crippen LogP contribution in [0.15, 0.2) is 29.4 Å². The summed E-state index contributed by atoms with van der Waals surface area (Å²) in [5.41, 5.74) is 4.49. The van der Waals surface area contributed by atoms with Gasteiger partial charge in [-0.15, -0.1) is 0 Å². The van der Waals surface area contributed by atoms with Gasteiger partial charge < -0.3 is 0 Å². The molecule has 0 N–H and O–H groups in total. The van der Waals surface area contributed by atoms with Crippen LogP contribution in [0.1, 0.15) is 41.9 Å². The van der Waals surface area contributed by atoms with E-state index in [1.54, 1.807) is 0 Å². The van der Waals surface area contributed by atoms with Crippen molar-refractivity contribution in [3.63, 3.8) is 0 Å². The Morgan fingerprint density at radius 3 is 2.88 bits per heavy atom. The molecular weight excluding hydrogens is 355 g/mol. The maximum Gasteiger partial charge on any atom is 0.173 e. The summed E-state index contributed by atoms with van der Waals surface area (Å²) in [7, 11) is 0. The van der Waals surface area contributed by atoms with Crippen molar-refractivity contribution in [3.8, 4) is 0 Å². The van der Waals surface area contributed by atoms with Crippen molar-refractivity contribution >= 4 is 28.9 Å². The van der Waals surface area contributed by atoms with Gasteiger partial charge in [0, 0.05) is 44.4 Å². The van der Waals surface area contributed by atoms with E-state index in [0.29, 0.717) is 10.0 Å². The van der Waals surface area contributed by atoms with Crippen molar-refractivity contribution in [1.82, 2.24) is 14.9 Å². The molecule has 0 saturated carbocycles. The molecule has 1 aromatic carbocycles. The third-order valence-corrected chi connectivity index (χ3v) is 5.68. The maximum absolute atomic E-state index is 6.32. The molecule has 6 heteroatoms. The number of fused-ring (bicyclic) bond motifs is 1. The number of hydrogen-bond acceptors (Lipinski definition) is 4. The summed E-state index contributed by atoms with van der Waals surface area (Å²) < 4.78 is 0. The van der Waals surface area contributed by atoms with Gasteiger partial charge in [-0.1, -0.05) is 35.3 Å². The molecule has 0 fully saturated rings. The lowest BCUT2D eigenvalue weighted by molar-refractivity contribution is 0.243. The largest absolute Gasteiger partial charge is 0.294 e. The van der Waals surface area contributed by atoms with Crippen LogP contribution >= 0.6 is 23.2 Å². The smallest absolute Gasteiger partial charge is 0.173 e. The van der Waals surface area contributed by atoms with E-state index in [1.807, 2.05) is 24.4 Å². The third-order valence-electron chi connectivity index (χ3n) is 4.82. The predicted octanol–water partition coefficient (Wildman–Crippen LogP) is 4.31. The van der Waals surface area contributed by atoms with Crippen LogP contribution in [0.2, 0.25) is 10.0 Å². The van der Waals surface area contributed by atoms with Gasteiger partial charge in [-0.2, -0.15) is 0 Å². The average Bonchev–Trinajstić information content (AvgIpc) is 2.66. The Morgan fingerprint density at radius 2 is 2.04 bits per heavy atom. The molecule has 130 valence electrons. The van der Waals surface area contributed by atoms with Crippen LogP contribution in [-0.4, -0.2) is 33.7 Å². The van der Waals surface area contributed by atoms with Crippen LogP contribution in [0, 0.1) is 0 Å². The molecule has 0 bridgehead atoms. The van der Waals surface area contributed by atoms with E-state index >= 15 is 0 Å². The van der Waals surface area contributed by atoms with Gasteiger partial charge in [0.1, 0.15) is 0 Å². The molecule has 1 aromatic heterocycles. The second kappa shape index (κ2) is 7.40. The summed E-state index contributed by atoms with van der Waals surface area (Å²) in [5.74, 6) is 0.824. The molecular formula is C19H20Cl2N4. The zero-order chi connectivity index (χ0) is 17.2. The molecule has 0 atom stereocenters. The SMILES string of the molecule is Clc1cccc(CN2CCc3nc(C4=NCCCC4)ncc3C2)c1Cl. The van der Waals surface area contributed by atoms with Crippen molar-refractivity contribution in [1.29, 1.82) is 0 Å². The second-order valence-electron chi connectivity index (χ2n) is 6.62. The zero-order valence-corrected chi connectivity index (χ0v) is 15.5. The second-order valence-corrected chi connectivity index (χ2v) is 7.41. The summed E-state index contributed by atoms with van der Waals surface area (Å²) >= 11 is 12.4. The molecule has 2 aromatic rings. The first kappa shape index (κ1) is 17.0. The van der Waals surface area contributed by atoms with Crippen LogP contribution in [0.25, 0.3) is 0 Å². The number of nitrogens with zero attached hydrogens (tertiary/aromatic N) is 4. The zero-order valence-electron chi connectivity index (χ0n) is 14.0. The van der Waals surface area contributed by atoms with Crippen molar-refractivity contribution in [2.45, 2.75) is 38.8 Å². The fraction of sp³-hybridized carbons (Fsp3) is 0.421. The standard InChI is InChI=1S/C19H20Cl2N4/c20-15-5-3-4-13(18(15)21)11-25-9-7-16-14(12-25)10-23-19(24-16)17-6-1-2-8-22-17/h3-5,10H,1-2,6-9,11-12H2. The number of aromatic nitrogens is 2. The number of benzene rings is 1. The van der Waals surface area contributed by atoms with Crippen molar-refractivity contribution in [2.24, 2.45) is 4.99 Å². The lowest BCUT2D eigenvalue weighted by Crippen LogP contribution is -2.31. The average molecular weight is 375 g/mol. The quantitative estimate of drug-likeness (QED) is 0.803. The molecule has 2 aliphatic rings. The Morgan fingerprint density at radius 1 is 1.12 bits per heavy atom. The van der Waals surface area contributed by atoms with Crippen molar-refractivity contribution < 1.29 is 0 Å². The predicted molar refractivity (Wildman–Crippen MR) is 102 cm³/mol. The van der Waals surface area contributed by atoms with E-state index in [9.17, 15) is 0 Å². The van der Waals surface area contributed by atoms with E-state index < -0.39 is 0 Å². The molecule has 4 nitrogen and oxygen atoms in total. The Kier molecular flexibility index (Phi) is 5.02. The van der Waals surface area contributed by atoms with Crippen molar-refractivity contribution in [3.05, 3.63) is 57.1 Å². The molecule has 25 heavy (non-hydrogen) atoms. The van der Waals surface area contributed by atoms with Gasteiger partial charge in [0.2, 0.25) is 0 Å². The molecule has 0 aliphatic carbocycles. The molecule has 0 unspecified atom stereocenters. The molecule has 0 amide bonds. The molecule has 0 saturated heterocycles. The lowest BCUT2D eigenvalue weighted by atomic mass is 10.0. The van der Waals surface area contributed by atoms with Crippen LogP contribution in [0.3, 0.4) is 0 Å². The number of rotatable bonds is 3. The van der Waals surface area contributed by atoms with Crippen LogP contribution < -0.4 is 0 Å². The first-order chi connectivity index (χ1) is 12.2. The van der Waals surface area contributed by atoms with E-state index in [4.69, 9.17) is 28.2 Å². The molecule has 3 heterocycles. The van der Waals surface area contributed by atoms with Gasteiger partial charge in [0.05, 0.1) is 21.5 Å². The number of hydrogen-bond donors (Lipinski definition) is 0. The number of halogens is 2. The Hall–Kier alpha value is -1.49. The highest BCUT2D eigenvalue weighted by molar-refractivity contribution is 6.42. The van der Waals surface area contributed by atoms with Crippen LogP contribution in [0.4, 0.5) is 0 Å². The monoisotopic (exact) mass is 374 g/mol. The Labute approximate surface area is 157 Å². The summed E-state index contributed by atoms with van der Waals surface area (Å²) in [4.78, 5) is 16.3. The fourth-order valence-electron chi connectivity index (χ4n) is 3.44. The minimum absolute atomic E-state index is 0.609. The van der Waals surface area contributed by atoms with Gasteiger partial charge in [-0.3, -0.25) is 9.89 Å². The molecule has 4 rings (SSSR count). The van der Waals surface area contributed by atoms with Crippen molar-refractivity contribution in [2.75, 3.05) is 13.1 Å². The Bertz CT molecular complexity index is 819. The third kappa shape index (κ3) is 3.71. The lowest BCUT2D eigenvalue weighted by Gasteiger charge is -2.28. The van der Waals surface area contributed by atoms with Gasteiger partial charge in [0.15, 0.2) is 5.82 Å². The minimum Gasteiger partial charge on any atom is -0.294 e. The topological polar surface area (TPSA) is 41.4 Å². The molecule has 0 radical (unpaired) electrons. The summed E-state index contributed by atoms with van der Waals surface area (Å²) in [5, 5.41) is 1.26. The summed E-state index contributed by atoms with van der Waals surface area (Å²) in [6.45, 7) is 3.49. The highest BCUT2D eigenvalue weighted by Gasteiger charge is 2.21. The van der Waals surface area contributed by atoms with Crippen LogP contribution in [0.5, 0.6) is 0 Å². The van der Waals surface area contributed by atoms with E-state index in [2.05, 4.69) is 14.9 Å². The summed E-state index contributed by atoms with van der Waals surface area (Å²) in [6.07, 6.45) is 6.26. The highest BCUT2D eigenvalue weighted by atomic mass is 35.5. The van der Waals surface area contributed by atoms with E-state index in [0.717, 1.165) is 61.8 Å². The highest BCUT2D eigenvalue weighted by Crippen LogP contribution is 2.28. The van der Waals surface area contributed by atoms with E-state index in [-0.39, 0.29) is 0 Å². The number of aliphatic imine (C=N–C) groups is 1. The van der Waals surface area contributed by atoms with Gasteiger partial charge in [-0.25, -0.2) is 9.97 Å². The van der Waals surface area contributed by atoms with E-state index in [1.165, 1.54) is 18.4 Å². The minimum atomic E-state index is 0.609. The fourth-order valence-corrected chi connectivity index (χ4v) is 3.82. The first-order valence-corrected chi connectivity index (χ1v) is 9.50. The van der Waals surface area contributed by atoms with Gasteiger partial charge >= 0.3 is 0 Å². The first-order valence-electron chi connectivity index (χ1n) is 8.74. The molecule has 2 aliphatic heterocycles. The maximum atomic E-state index is 6.32.